The zero-order chi connectivity index (χ0) is 18.9. The van der Waals surface area contributed by atoms with E-state index in [0.717, 1.165) is 30.1 Å². The lowest BCUT2D eigenvalue weighted by Crippen LogP contribution is -2.25. The number of allylic oxidation sites excluding steroid dienone is 2. The van der Waals surface area contributed by atoms with Gasteiger partial charge in [0, 0.05) is 0 Å². The van der Waals surface area contributed by atoms with E-state index < -0.39 is 0 Å². The third kappa shape index (κ3) is 6.77. The average Bonchev–Trinajstić information content (AvgIpc) is 2.72. The number of benzene rings is 1. The molecule has 0 nitrogen and oxygen atoms in total. The van der Waals surface area contributed by atoms with Crippen molar-refractivity contribution in [3.8, 4) is 0 Å². The molecule has 2 fully saturated rings. The molecular formula is C26H39F. The Balaban J connectivity index is 1.32. The molecule has 3 rings (SSSR count). The molecule has 2 aliphatic carbocycles. The van der Waals surface area contributed by atoms with Crippen LogP contribution in [0.2, 0.25) is 0 Å². The summed E-state index contributed by atoms with van der Waals surface area (Å²) in [4.78, 5) is 0. The minimum atomic E-state index is -0.120. The molecule has 0 N–H and O–H groups in total. The number of hydrogen-bond acceptors (Lipinski definition) is 0. The SMILES string of the molecule is CCCC/C=C/C1CCC(C2CCC(CCc3ccc(F)cc3)CC2)CC1. The highest BCUT2D eigenvalue weighted by Gasteiger charge is 2.30. The highest BCUT2D eigenvalue weighted by Crippen LogP contribution is 2.42. The van der Waals surface area contributed by atoms with Crippen LogP contribution in [-0.2, 0) is 6.42 Å². The quantitative estimate of drug-likeness (QED) is 0.320. The molecule has 2 saturated carbocycles. The van der Waals surface area contributed by atoms with Crippen LogP contribution >= 0.6 is 0 Å². The first kappa shape index (κ1) is 20.6. The molecule has 0 atom stereocenters. The van der Waals surface area contributed by atoms with E-state index in [1.807, 2.05) is 12.1 Å². The predicted octanol–water partition coefficient (Wildman–Crippen LogP) is 8.12. The van der Waals surface area contributed by atoms with Crippen LogP contribution in [0.1, 0.15) is 89.5 Å². The summed E-state index contributed by atoms with van der Waals surface area (Å²) in [7, 11) is 0. The first-order chi connectivity index (χ1) is 13.2. The van der Waals surface area contributed by atoms with E-state index in [-0.39, 0.29) is 5.82 Å². The Morgan fingerprint density at radius 1 is 0.889 bits per heavy atom. The summed E-state index contributed by atoms with van der Waals surface area (Å²) in [5, 5.41) is 0. The summed E-state index contributed by atoms with van der Waals surface area (Å²) in [5.74, 6) is 3.64. The molecule has 0 aromatic heterocycles. The van der Waals surface area contributed by atoms with E-state index >= 15 is 0 Å². The smallest absolute Gasteiger partial charge is 0.123 e. The van der Waals surface area contributed by atoms with E-state index in [0.29, 0.717) is 0 Å². The van der Waals surface area contributed by atoms with Gasteiger partial charge in [0.15, 0.2) is 0 Å². The lowest BCUT2D eigenvalue weighted by Gasteiger charge is -2.37. The molecule has 0 saturated heterocycles. The van der Waals surface area contributed by atoms with E-state index in [1.165, 1.54) is 82.6 Å². The Morgan fingerprint density at radius 3 is 2.15 bits per heavy atom. The van der Waals surface area contributed by atoms with Crippen molar-refractivity contribution in [3.05, 3.63) is 47.8 Å². The van der Waals surface area contributed by atoms with Gasteiger partial charge < -0.3 is 0 Å². The molecule has 27 heavy (non-hydrogen) atoms. The minimum absolute atomic E-state index is 0.120. The molecule has 0 bridgehead atoms. The highest BCUT2D eigenvalue weighted by atomic mass is 19.1. The van der Waals surface area contributed by atoms with E-state index in [9.17, 15) is 4.39 Å². The van der Waals surface area contributed by atoms with E-state index in [1.54, 1.807) is 12.1 Å². The zero-order valence-corrected chi connectivity index (χ0v) is 17.3. The van der Waals surface area contributed by atoms with Gasteiger partial charge in [0.2, 0.25) is 0 Å². The van der Waals surface area contributed by atoms with E-state index in [4.69, 9.17) is 0 Å². The Labute approximate surface area is 166 Å². The summed E-state index contributed by atoms with van der Waals surface area (Å²) in [6, 6.07) is 7.11. The second kappa shape index (κ2) is 11.0. The van der Waals surface area contributed by atoms with Crippen molar-refractivity contribution < 1.29 is 4.39 Å². The van der Waals surface area contributed by atoms with Crippen molar-refractivity contribution >= 4 is 0 Å². The molecule has 1 aromatic rings. The maximum atomic E-state index is 13.0. The fourth-order valence-electron chi connectivity index (χ4n) is 5.39. The van der Waals surface area contributed by atoms with Gasteiger partial charge in [0.1, 0.15) is 5.82 Å². The van der Waals surface area contributed by atoms with Crippen LogP contribution in [0.3, 0.4) is 0 Å². The Bertz CT molecular complexity index is 542. The number of unbranched alkanes of at least 4 members (excludes halogenated alkanes) is 2. The van der Waals surface area contributed by atoms with Crippen LogP contribution < -0.4 is 0 Å². The molecular weight excluding hydrogens is 331 g/mol. The first-order valence-corrected chi connectivity index (χ1v) is 11.7. The van der Waals surface area contributed by atoms with Crippen LogP contribution in [0.4, 0.5) is 4.39 Å². The summed E-state index contributed by atoms with van der Waals surface area (Å²) in [6.45, 7) is 2.27. The van der Waals surface area contributed by atoms with Crippen molar-refractivity contribution in [1.82, 2.24) is 0 Å². The fraction of sp³-hybridized carbons (Fsp3) is 0.692. The molecule has 0 spiro atoms. The number of rotatable bonds is 8. The maximum Gasteiger partial charge on any atom is 0.123 e. The summed E-state index contributed by atoms with van der Waals surface area (Å²) < 4.78 is 13.0. The van der Waals surface area contributed by atoms with Crippen LogP contribution in [0.5, 0.6) is 0 Å². The van der Waals surface area contributed by atoms with Gasteiger partial charge >= 0.3 is 0 Å². The second-order valence-electron chi connectivity index (χ2n) is 9.19. The standard InChI is InChI=1S/C26H39F/c1-2-3-4-5-6-21-9-15-24(16-10-21)25-17-11-22(12-18-25)7-8-23-13-19-26(27)20-14-23/h5-6,13-14,19-22,24-25H,2-4,7-12,15-18H2,1H3/b6-5+. The normalized spacial score (nSPS) is 29.3. The monoisotopic (exact) mass is 370 g/mol. The number of halogens is 1. The van der Waals surface area contributed by atoms with Gasteiger partial charge in [-0.25, -0.2) is 4.39 Å². The Hall–Kier alpha value is -1.11. The topological polar surface area (TPSA) is 0 Å². The van der Waals surface area contributed by atoms with Gasteiger partial charge in [-0.1, -0.05) is 56.9 Å². The Morgan fingerprint density at radius 2 is 1.52 bits per heavy atom. The molecule has 0 heterocycles. The molecule has 0 radical (unpaired) electrons. The molecule has 150 valence electrons. The summed E-state index contributed by atoms with van der Waals surface area (Å²) >= 11 is 0. The van der Waals surface area contributed by atoms with Crippen molar-refractivity contribution in [2.75, 3.05) is 0 Å². The molecule has 1 heteroatoms. The van der Waals surface area contributed by atoms with Crippen molar-refractivity contribution in [2.24, 2.45) is 23.7 Å². The van der Waals surface area contributed by atoms with Gasteiger partial charge in [-0.05, 0) is 99.2 Å². The van der Waals surface area contributed by atoms with Crippen LogP contribution in [0.15, 0.2) is 36.4 Å². The van der Waals surface area contributed by atoms with Gasteiger partial charge in [0.25, 0.3) is 0 Å². The van der Waals surface area contributed by atoms with E-state index in [2.05, 4.69) is 19.1 Å². The lowest BCUT2D eigenvalue weighted by molar-refractivity contribution is 0.152. The van der Waals surface area contributed by atoms with Crippen molar-refractivity contribution in [3.63, 3.8) is 0 Å². The number of hydrogen-bond donors (Lipinski definition) is 0. The number of aryl methyl sites for hydroxylation is 1. The summed E-state index contributed by atoms with van der Waals surface area (Å²) in [5.41, 5.74) is 1.30. The molecule has 1 aromatic carbocycles. The predicted molar refractivity (Wildman–Crippen MR) is 114 cm³/mol. The fourth-order valence-corrected chi connectivity index (χ4v) is 5.39. The zero-order valence-electron chi connectivity index (χ0n) is 17.3. The molecule has 0 unspecified atom stereocenters. The Kier molecular flexibility index (Phi) is 8.42. The average molecular weight is 371 g/mol. The second-order valence-corrected chi connectivity index (χ2v) is 9.19. The lowest BCUT2D eigenvalue weighted by atomic mass is 9.68. The van der Waals surface area contributed by atoms with Crippen LogP contribution in [-0.4, -0.2) is 0 Å². The van der Waals surface area contributed by atoms with Crippen LogP contribution in [0.25, 0.3) is 0 Å². The molecule has 2 aliphatic rings. The maximum absolute atomic E-state index is 13.0. The first-order valence-electron chi connectivity index (χ1n) is 11.7. The molecule has 0 aliphatic heterocycles. The van der Waals surface area contributed by atoms with Gasteiger partial charge in [0.05, 0.1) is 0 Å². The summed E-state index contributed by atoms with van der Waals surface area (Å²) in [6.07, 6.45) is 22.8. The van der Waals surface area contributed by atoms with Gasteiger partial charge in [-0.2, -0.15) is 0 Å². The highest BCUT2D eigenvalue weighted by molar-refractivity contribution is 5.16. The third-order valence-electron chi connectivity index (χ3n) is 7.26. The molecule has 0 amide bonds. The van der Waals surface area contributed by atoms with Crippen molar-refractivity contribution in [2.45, 2.75) is 90.4 Å². The van der Waals surface area contributed by atoms with Crippen molar-refractivity contribution in [1.29, 1.82) is 0 Å². The van der Waals surface area contributed by atoms with Gasteiger partial charge in [-0.3, -0.25) is 0 Å². The minimum Gasteiger partial charge on any atom is -0.207 e. The largest absolute Gasteiger partial charge is 0.207 e. The van der Waals surface area contributed by atoms with Gasteiger partial charge in [-0.15, -0.1) is 0 Å². The van der Waals surface area contributed by atoms with Crippen LogP contribution in [0, 0.1) is 29.5 Å². The third-order valence-corrected chi connectivity index (χ3v) is 7.26.